The van der Waals surface area contributed by atoms with Gasteiger partial charge in [-0.05, 0) is 29.8 Å². The molecule has 0 radical (unpaired) electrons. The Balaban J connectivity index is 1.68. The molecule has 0 aliphatic heterocycles. The summed E-state index contributed by atoms with van der Waals surface area (Å²) < 4.78 is 7.06. The third-order valence-corrected chi connectivity index (χ3v) is 4.71. The molecule has 0 fully saturated rings. The van der Waals surface area contributed by atoms with Crippen molar-refractivity contribution in [2.24, 2.45) is 0 Å². The van der Waals surface area contributed by atoms with Crippen molar-refractivity contribution < 1.29 is 19.1 Å². The van der Waals surface area contributed by atoms with Gasteiger partial charge in [0.1, 0.15) is 0 Å². The van der Waals surface area contributed by atoms with Crippen LogP contribution >= 0.6 is 15.9 Å². The molecule has 0 saturated heterocycles. The van der Waals surface area contributed by atoms with Crippen LogP contribution in [0.25, 0.3) is 5.69 Å². The van der Waals surface area contributed by atoms with Gasteiger partial charge in [0, 0.05) is 16.7 Å². The van der Waals surface area contributed by atoms with E-state index in [0.29, 0.717) is 5.56 Å². The first-order valence-corrected chi connectivity index (χ1v) is 9.81. The Hall–Kier alpha value is -3.46. The second-order valence-electron chi connectivity index (χ2n) is 6.30. The molecule has 9 heteroatoms. The van der Waals surface area contributed by atoms with Gasteiger partial charge in [-0.1, -0.05) is 46.3 Å². The number of anilines is 1. The van der Waals surface area contributed by atoms with Crippen molar-refractivity contribution in [2.45, 2.75) is 12.5 Å². The van der Waals surface area contributed by atoms with Crippen LogP contribution in [0, 0.1) is 0 Å². The smallest absolute Gasteiger partial charge is 0.314 e. The Morgan fingerprint density at radius 1 is 1.07 bits per heavy atom. The molecule has 0 aliphatic carbocycles. The topological polar surface area (TPSA) is 102 Å². The van der Waals surface area contributed by atoms with Crippen LogP contribution in [0.1, 0.15) is 18.0 Å². The number of hydrogen-bond donors (Lipinski definition) is 2. The van der Waals surface area contributed by atoms with Gasteiger partial charge < -0.3 is 15.4 Å². The fourth-order valence-electron chi connectivity index (χ4n) is 2.74. The molecule has 154 valence electrons. The largest absolute Gasteiger partial charge is 0.469 e. The molecule has 0 aliphatic rings. The molecule has 0 saturated carbocycles. The average Bonchev–Trinajstić information content (AvgIpc) is 3.22. The highest BCUT2D eigenvalue weighted by Gasteiger charge is 2.23. The van der Waals surface area contributed by atoms with Gasteiger partial charge in [0.05, 0.1) is 25.3 Å². The number of methoxy groups -OCH3 is 1. The van der Waals surface area contributed by atoms with Crippen LogP contribution in [-0.2, 0) is 19.1 Å². The van der Waals surface area contributed by atoms with Gasteiger partial charge >= 0.3 is 17.8 Å². The summed E-state index contributed by atoms with van der Waals surface area (Å²) in [6.45, 7) is 0. The number of amides is 2. The van der Waals surface area contributed by atoms with Crippen LogP contribution in [0.5, 0.6) is 0 Å². The summed E-state index contributed by atoms with van der Waals surface area (Å²) >= 11 is 3.36. The highest BCUT2D eigenvalue weighted by molar-refractivity contribution is 9.10. The van der Waals surface area contributed by atoms with Crippen LogP contribution in [0.2, 0.25) is 0 Å². The molecular formula is C21H19BrN4O4. The second-order valence-corrected chi connectivity index (χ2v) is 7.21. The quantitative estimate of drug-likeness (QED) is 0.425. The highest BCUT2D eigenvalue weighted by Crippen LogP contribution is 2.21. The number of nitrogens with one attached hydrogen (secondary N) is 2. The summed E-state index contributed by atoms with van der Waals surface area (Å²) in [5.41, 5.74) is 1.47. The Morgan fingerprint density at radius 3 is 2.53 bits per heavy atom. The lowest BCUT2D eigenvalue weighted by Crippen LogP contribution is -2.38. The molecule has 2 N–H and O–H groups in total. The number of aromatic nitrogens is 2. The van der Waals surface area contributed by atoms with Crippen molar-refractivity contribution in [1.29, 1.82) is 0 Å². The second kappa shape index (κ2) is 9.84. The lowest BCUT2D eigenvalue weighted by atomic mass is 10.0. The molecule has 2 amide bonds. The standard InChI is InChI=1S/C21H19BrN4O4/c1-30-19(27)13-17(14-6-5-7-15(22)12-14)23-20(28)21(29)24-18-10-11-26(25-18)16-8-3-2-4-9-16/h2-12,17H,13H2,1H3,(H,23,28)(H,24,25,29)/t17-/m0/s1. The normalized spacial score (nSPS) is 11.4. The number of benzene rings is 2. The van der Waals surface area contributed by atoms with Crippen molar-refractivity contribution in [1.82, 2.24) is 15.1 Å². The van der Waals surface area contributed by atoms with Gasteiger partial charge in [-0.25, -0.2) is 4.68 Å². The van der Waals surface area contributed by atoms with Gasteiger partial charge in [-0.2, -0.15) is 5.10 Å². The van der Waals surface area contributed by atoms with Crippen LogP contribution in [0.4, 0.5) is 5.82 Å². The summed E-state index contributed by atoms with van der Waals surface area (Å²) in [6.07, 6.45) is 1.55. The highest BCUT2D eigenvalue weighted by atomic mass is 79.9. The molecular weight excluding hydrogens is 452 g/mol. The van der Waals surface area contributed by atoms with E-state index in [4.69, 9.17) is 4.74 Å². The zero-order valence-electron chi connectivity index (χ0n) is 16.0. The van der Waals surface area contributed by atoms with Crippen LogP contribution in [-0.4, -0.2) is 34.7 Å². The van der Waals surface area contributed by atoms with E-state index in [1.54, 1.807) is 35.1 Å². The molecule has 2 aromatic carbocycles. The number of hydrogen-bond acceptors (Lipinski definition) is 5. The van der Waals surface area contributed by atoms with Gasteiger partial charge in [0.15, 0.2) is 5.82 Å². The monoisotopic (exact) mass is 470 g/mol. The lowest BCUT2D eigenvalue weighted by molar-refractivity contribution is -0.142. The maximum atomic E-state index is 12.4. The van der Waals surface area contributed by atoms with Gasteiger partial charge in [0.2, 0.25) is 0 Å². The number of carbonyl (C=O) groups is 3. The Morgan fingerprint density at radius 2 is 1.83 bits per heavy atom. The maximum Gasteiger partial charge on any atom is 0.314 e. The number of carbonyl (C=O) groups excluding carboxylic acids is 3. The van der Waals surface area contributed by atoms with E-state index in [2.05, 4.69) is 31.7 Å². The minimum atomic E-state index is -0.891. The predicted octanol–water partition coefficient (Wildman–Crippen LogP) is 2.99. The van der Waals surface area contributed by atoms with E-state index in [1.807, 2.05) is 36.4 Å². The molecule has 8 nitrogen and oxygen atoms in total. The summed E-state index contributed by atoms with van der Waals surface area (Å²) in [6, 6.07) is 17.3. The maximum absolute atomic E-state index is 12.4. The van der Waals surface area contributed by atoms with E-state index < -0.39 is 23.8 Å². The fourth-order valence-corrected chi connectivity index (χ4v) is 3.15. The summed E-state index contributed by atoms with van der Waals surface area (Å²) in [5.74, 6) is -2.07. The zero-order valence-corrected chi connectivity index (χ0v) is 17.6. The van der Waals surface area contributed by atoms with Crippen molar-refractivity contribution in [3.05, 3.63) is 76.9 Å². The average molecular weight is 471 g/mol. The van der Waals surface area contributed by atoms with Gasteiger partial charge in [0.25, 0.3) is 0 Å². The van der Waals surface area contributed by atoms with E-state index in [1.165, 1.54) is 7.11 Å². The Bertz CT molecular complexity index is 1050. The number of para-hydroxylation sites is 1. The van der Waals surface area contributed by atoms with Crippen molar-refractivity contribution in [3.63, 3.8) is 0 Å². The molecule has 0 spiro atoms. The molecule has 30 heavy (non-hydrogen) atoms. The summed E-state index contributed by atoms with van der Waals surface area (Å²) in [4.78, 5) is 36.6. The molecule has 3 rings (SSSR count). The molecule has 1 heterocycles. The fraction of sp³-hybridized carbons (Fsp3) is 0.143. The Labute approximate surface area is 181 Å². The van der Waals surface area contributed by atoms with Gasteiger partial charge in [-0.3, -0.25) is 14.4 Å². The van der Waals surface area contributed by atoms with E-state index in [9.17, 15) is 14.4 Å². The molecule has 1 aromatic heterocycles. The number of nitrogens with zero attached hydrogens (tertiary/aromatic N) is 2. The number of ether oxygens (including phenoxy) is 1. The predicted molar refractivity (Wildman–Crippen MR) is 114 cm³/mol. The minimum absolute atomic E-state index is 0.116. The molecule has 3 aromatic rings. The molecule has 0 unspecified atom stereocenters. The molecule has 1 atom stereocenters. The lowest BCUT2D eigenvalue weighted by Gasteiger charge is -2.18. The zero-order chi connectivity index (χ0) is 21.5. The first kappa shape index (κ1) is 21.3. The van der Waals surface area contributed by atoms with Crippen molar-refractivity contribution in [2.75, 3.05) is 12.4 Å². The third-order valence-electron chi connectivity index (χ3n) is 4.21. The van der Waals surface area contributed by atoms with E-state index in [0.717, 1.165) is 10.2 Å². The first-order chi connectivity index (χ1) is 14.5. The van der Waals surface area contributed by atoms with E-state index >= 15 is 0 Å². The minimum Gasteiger partial charge on any atom is -0.469 e. The van der Waals surface area contributed by atoms with Crippen LogP contribution in [0.15, 0.2) is 71.3 Å². The number of esters is 1. The van der Waals surface area contributed by atoms with Crippen molar-refractivity contribution >= 4 is 39.5 Å². The first-order valence-electron chi connectivity index (χ1n) is 9.01. The summed E-state index contributed by atoms with van der Waals surface area (Å²) in [7, 11) is 1.26. The third kappa shape index (κ3) is 5.54. The molecule has 0 bridgehead atoms. The SMILES string of the molecule is COC(=O)C[C@H](NC(=O)C(=O)Nc1ccn(-c2ccccc2)n1)c1cccc(Br)c1. The van der Waals surface area contributed by atoms with Crippen LogP contribution < -0.4 is 10.6 Å². The van der Waals surface area contributed by atoms with Crippen molar-refractivity contribution in [3.8, 4) is 5.69 Å². The van der Waals surface area contributed by atoms with Crippen LogP contribution in [0.3, 0.4) is 0 Å². The number of halogens is 1. The van der Waals surface area contributed by atoms with Gasteiger partial charge in [-0.15, -0.1) is 0 Å². The summed E-state index contributed by atoms with van der Waals surface area (Å²) in [5, 5.41) is 9.27. The number of rotatable bonds is 6. The Kier molecular flexibility index (Phi) is 6.97. The van der Waals surface area contributed by atoms with E-state index in [-0.39, 0.29) is 12.2 Å².